The second-order valence-corrected chi connectivity index (χ2v) is 11.1. The number of aliphatic carboxylic acids is 1. The number of thioether (sulfide) groups is 1. The number of hydrogen-bond donors (Lipinski definition) is 1. The van der Waals surface area contributed by atoms with Crippen LogP contribution >= 0.6 is 24.0 Å². The van der Waals surface area contributed by atoms with E-state index in [0.29, 0.717) is 34.2 Å². The van der Waals surface area contributed by atoms with Crippen LogP contribution < -0.4 is 4.74 Å². The molecule has 4 aromatic rings. The molecule has 39 heavy (non-hydrogen) atoms. The van der Waals surface area contributed by atoms with E-state index in [1.165, 1.54) is 4.90 Å². The van der Waals surface area contributed by atoms with Crippen LogP contribution in [0.15, 0.2) is 77.7 Å². The summed E-state index contributed by atoms with van der Waals surface area (Å²) in [6, 6.07) is 22.4. The normalized spacial score (nSPS) is 16.2. The number of aryl methyl sites for hydroxylation is 1. The van der Waals surface area contributed by atoms with Gasteiger partial charge < -0.3 is 9.84 Å². The maximum Gasteiger partial charge on any atom is 0.327 e. The van der Waals surface area contributed by atoms with Gasteiger partial charge >= 0.3 is 5.97 Å². The summed E-state index contributed by atoms with van der Waals surface area (Å²) in [5.74, 6) is -0.707. The van der Waals surface area contributed by atoms with Crippen LogP contribution in [0.25, 0.3) is 22.5 Å². The highest BCUT2D eigenvalue weighted by molar-refractivity contribution is 8.26. The molecule has 1 aliphatic heterocycles. The van der Waals surface area contributed by atoms with E-state index < -0.39 is 17.9 Å². The second kappa shape index (κ2) is 11.0. The van der Waals surface area contributed by atoms with E-state index in [1.54, 1.807) is 10.8 Å². The Morgan fingerprint density at radius 2 is 1.79 bits per heavy atom. The fraction of sp³-hybridized carbons (Fsp3) is 0.200. The minimum absolute atomic E-state index is 0.226. The minimum Gasteiger partial charge on any atom is -0.480 e. The van der Waals surface area contributed by atoms with Crippen LogP contribution in [0, 0.1) is 12.8 Å². The Kier molecular flexibility index (Phi) is 7.54. The Labute approximate surface area is 236 Å². The predicted octanol–water partition coefficient (Wildman–Crippen LogP) is 6.83. The van der Waals surface area contributed by atoms with Crippen molar-refractivity contribution < 1.29 is 19.4 Å². The van der Waals surface area contributed by atoms with Gasteiger partial charge in [-0.1, -0.05) is 92.8 Å². The molecule has 1 saturated heterocycles. The molecule has 1 fully saturated rings. The van der Waals surface area contributed by atoms with E-state index in [1.807, 2.05) is 93.6 Å². The number of para-hydroxylation sites is 1. The summed E-state index contributed by atoms with van der Waals surface area (Å²) in [6.07, 6.45) is 2.30. The van der Waals surface area contributed by atoms with Gasteiger partial charge in [0.15, 0.2) is 0 Å². The van der Waals surface area contributed by atoms with Crippen LogP contribution in [0.4, 0.5) is 0 Å². The SMILES string of the molecule is CCC(C)[C@@H](C(=O)O)N1C(=O)/C(=C/c2c(C)nn(-c3ccccc3)c2Oc2ccc3ccccc3c2)SC1=S. The van der Waals surface area contributed by atoms with Crippen LogP contribution in [0.1, 0.15) is 31.5 Å². The number of amides is 1. The van der Waals surface area contributed by atoms with Crippen molar-refractivity contribution in [2.75, 3.05) is 0 Å². The lowest BCUT2D eigenvalue weighted by Crippen LogP contribution is -2.47. The first-order chi connectivity index (χ1) is 18.8. The van der Waals surface area contributed by atoms with Crippen molar-refractivity contribution in [1.82, 2.24) is 14.7 Å². The maximum atomic E-state index is 13.5. The lowest BCUT2D eigenvalue weighted by atomic mass is 9.98. The summed E-state index contributed by atoms with van der Waals surface area (Å²) < 4.78 is 8.39. The smallest absolute Gasteiger partial charge is 0.327 e. The van der Waals surface area contributed by atoms with Crippen molar-refractivity contribution >= 4 is 57.0 Å². The van der Waals surface area contributed by atoms with Gasteiger partial charge in [-0.3, -0.25) is 9.69 Å². The Hall–Kier alpha value is -3.95. The molecule has 9 heteroatoms. The summed E-state index contributed by atoms with van der Waals surface area (Å²) in [5, 5.41) is 16.7. The first kappa shape index (κ1) is 26.6. The standard InChI is InChI=1S/C30H27N3O4S2/c1-4-18(2)26(29(35)36)32-27(34)25(39-30(32)38)17-24-19(3)31-33(22-12-6-5-7-13-22)28(24)37-23-15-14-20-10-8-9-11-21(20)16-23/h5-18,26H,4H2,1-3H3,(H,35,36)/b25-17-/t18?,26-/m0/s1. The number of ether oxygens (including phenoxy) is 1. The molecule has 3 aromatic carbocycles. The van der Waals surface area contributed by atoms with Crippen LogP contribution in [0.2, 0.25) is 0 Å². The van der Waals surface area contributed by atoms with Gasteiger partial charge in [0, 0.05) is 0 Å². The Morgan fingerprint density at radius 1 is 1.10 bits per heavy atom. The molecular formula is C30H27N3O4S2. The third kappa shape index (κ3) is 5.20. The Bertz CT molecular complexity index is 1610. The van der Waals surface area contributed by atoms with Crippen molar-refractivity contribution in [3.05, 3.63) is 89.0 Å². The lowest BCUT2D eigenvalue weighted by molar-refractivity contribution is -0.147. The number of nitrogens with zero attached hydrogens (tertiary/aromatic N) is 3. The molecular weight excluding hydrogens is 530 g/mol. The van der Waals surface area contributed by atoms with E-state index >= 15 is 0 Å². The predicted molar refractivity (Wildman–Crippen MR) is 158 cm³/mol. The van der Waals surface area contributed by atoms with Gasteiger partial charge in [0.25, 0.3) is 5.91 Å². The first-order valence-corrected chi connectivity index (χ1v) is 13.8. The quantitative estimate of drug-likeness (QED) is 0.188. The van der Waals surface area contributed by atoms with Crippen LogP contribution in [-0.2, 0) is 9.59 Å². The first-order valence-electron chi connectivity index (χ1n) is 12.6. The number of thiocarbonyl (C=S) groups is 1. The molecule has 0 spiro atoms. The van der Waals surface area contributed by atoms with Crippen molar-refractivity contribution in [1.29, 1.82) is 0 Å². The molecule has 1 unspecified atom stereocenters. The highest BCUT2D eigenvalue weighted by Crippen LogP contribution is 2.39. The molecule has 2 heterocycles. The average Bonchev–Trinajstić information content (AvgIpc) is 3.39. The monoisotopic (exact) mass is 557 g/mol. The van der Waals surface area contributed by atoms with E-state index in [0.717, 1.165) is 28.2 Å². The number of carbonyl (C=O) groups is 2. The molecule has 1 aromatic heterocycles. The molecule has 0 saturated carbocycles. The molecule has 1 aliphatic rings. The number of aromatic nitrogens is 2. The summed E-state index contributed by atoms with van der Waals surface area (Å²) in [6.45, 7) is 5.55. The number of hydrogen-bond acceptors (Lipinski definition) is 6. The summed E-state index contributed by atoms with van der Waals surface area (Å²) in [7, 11) is 0. The number of fused-ring (bicyclic) bond motifs is 1. The lowest BCUT2D eigenvalue weighted by Gasteiger charge is -2.27. The van der Waals surface area contributed by atoms with Crippen molar-refractivity contribution in [3.8, 4) is 17.3 Å². The van der Waals surface area contributed by atoms with Gasteiger partial charge in [0.05, 0.1) is 21.8 Å². The van der Waals surface area contributed by atoms with Gasteiger partial charge in [0.2, 0.25) is 5.88 Å². The molecule has 0 bridgehead atoms. The Morgan fingerprint density at radius 3 is 2.49 bits per heavy atom. The zero-order valence-electron chi connectivity index (χ0n) is 21.7. The van der Waals surface area contributed by atoms with Crippen LogP contribution in [-0.4, -0.2) is 42.0 Å². The Balaban J connectivity index is 1.59. The molecule has 198 valence electrons. The number of carbonyl (C=O) groups excluding carboxylic acids is 1. The highest BCUT2D eigenvalue weighted by Gasteiger charge is 2.42. The molecule has 1 amide bonds. The van der Waals surface area contributed by atoms with Gasteiger partial charge in [-0.05, 0) is 54.0 Å². The molecule has 0 aliphatic carbocycles. The average molecular weight is 558 g/mol. The maximum absolute atomic E-state index is 13.5. The van der Waals surface area contributed by atoms with Gasteiger partial charge in [-0.25, -0.2) is 4.79 Å². The molecule has 5 rings (SSSR count). The van der Waals surface area contributed by atoms with Crippen LogP contribution in [0.3, 0.4) is 0 Å². The van der Waals surface area contributed by atoms with E-state index in [-0.39, 0.29) is 10.2 Å². The molecule has 1 N–H and O–H groups in total. The zero-order chi connectivity index (χ0) is 27.7. The zero-order valence-corrected chi connectivity index (χ0v) is 23.3. The fourth-order valence-corrected chi connectivity index (χ4v) is 5.86. The van der Waals surface area contributed by atoms with E-state index in [4.69, 9.17) is 22.1 Å². The summed E-state index contributed by atoms with van der Waals surface area (Å²) in [4.78, 5) is 27.2. The largest absolute Gasteiger partial charge is 0.480 e. The number of benzene rings is 3. The van der Waals surface area contributed by atoms with Crippen LogP contribution in [0.5, 0.6) is 11.6 Å². The number of carboxylic acid groups (broad SMARTS) is 1. The third-order valence-electron chi connectivity index (χ3n) is 6.81. The van der Waals surface area contributed by atoms with Crippen molar-refractivity contribution in [3.63, 3.8) is 0 Å². The molecule has 0 radical (unpaired) electrons. The minimum atomic E-state index is -1.07. The molecule has 7 nitrogen and oxygen atoms in total. The van der Waals surface area contributed by atoms with Gasteiger partial charge in [-0.15, -0.1) is 0 Å². The van der Waals surface area contributed by atoms with E-state index in [9.17, 15) is 14.7 Å². The second-order valence-electron chi connectivity index (χ2n) is 9.38. The fourth-order valence-electron chi connectivity index (χ4n) is 4.55. The van der Waals surface area contributed by atoms with Crippen molar-refractivity contribution in [2.24, 2.45) is 5.92 Å². The molecule has 2 atom stereocenters. The van der Waals surface area contributed by atoms with Gasteiger partial charge in [-0.2, -0.15) is 9.78 Å². The third-order valence-corrected chi connectivity index (χ3v) is 8.14. The summed E-state index contributed by atoms with van der Waals surface area (Å²) >= 11 is 6.58. The number of rotatable bonds is 8. The summed E-state index contributed by atoms with van der Waals surface area (Å²) in [5.41, 5.74) is 2.06. The van der Waals surface area contributed by atoms with Gasteiger partial charge in [0.1, 0.15) is 16.1 Å². The van der Waals surface area contributed by atoms with Crippen molar-refractivity contribution in [2.45, 2.75) is 33.2 Å². The number of carboxylic acids is 1. The van der Waals surface area contributed by atoms with E-state index in [2.05, 4.69) is 0 Å². The highest BCUT2D eigenvalue weighted by atomic mass is 32.2. The topological polar surface area (TPSA) is 84.7 Å².